The van der Waals surface area contributed by atoms with Crippen molar-refractivity contribution in [3.63, 3.8) is 0 Å². The van der Waals surface area contributed by atoms with Gasteiger partial charge in [0.25, 0.3) is 0 Å². The van der Waals surface area contributed by atoms with Crippen molar-refractivity contribution in [3.8, 4) is 5.88 Å². The lowest BCUT2D eigenvalue weighted by atomic mass is 10.1. The molecule has 0 aliphatic heterocycles. The van der Waals surface area contributed by atoms with E-state index in [-0.39, 0.29) is 17.4 Å². The Morgan fingerprint density at radius 3 is 2.60 bits per heavy atom. The molecule has 1 unspecified atom stereocenters. The largest absolute Gasteiger partial charge is 0.479 e. The molecule has 0 N–H and O–H groups in total. The summed E-state index contributed by atoms with van der Waals surface area (Å²) in [6.07, 6.45) is 3.03. The lowest BCUT2D eigenvalue weighted by molar-refractivity contribution is 0.0586. The van der Waals surface area contributed by atoms with Crippen molar-refractivity contribution in [1.29, 1.82) is 0 Å². The topological polar surface area (TPSA) is 61.3 Å². The lowest BCUT2D eigenvalue weighted by Gasteiger charge is -2.12. The summed E-state index contributed by atoms with van der Waals surface area (Å²) in [7, 11) is 2.95. The molecule has 0 radical (unpaired) electrons. The molecular weight excluding hydrogens is 196 g/mol. The van der Waals surface area contributed by atoms with E-state index in [4.69, 9.17) is 9.47 Å². The Morgan fingerprint density at radius 1 is 1.40 bits per heavy atom. The third-order valence-electron chi connectivity index (χ3n) is 2.04. The second-order valence-corrected chi connectivity index (χ2v) is 2.91. The van der Waals surface area contributed by atoms with Gasteiger partial charge >= 0.3 is 0 Å². The predicted octanol–water partition coefficient (Wildman–Crippen LogP) is 1.09. The number of methoxy groups -OCH3 is 2. The molecule has 0 saturated carbocycles. The number of carbonyl (C=O) groups is 1. The maximum absolute atomic E-state index is 11.9. The zero-order valence-electron chi connectivity index (χ0n) is 9.06. The van der Waals surface area contributed by atoms with Gasteiger partial charge in [0.2, 0.25) is 11.7 Å². The summed E-state index contributed by atoms with van der Waals surface area (Å²) < 4.78 is 10.00. The molecule has 1 heterocycles. The van der Waals surface area contributed by atoms with Crippen LogP contribution in [-0.2, 0) is 4.74 Å². The Balaban J connectivity index is 2.99. The third-order valence-corrected chi connectivity index (χ3v) is 2.04. The second kappa shape index (κ2) is 5.41. The van der Waals surface area contributed by atoms with Gasteiger partial charge in [-0.1, -0.05) is 6.92 Å². The Bertz CT molecular complexity index is 337. The van der Waals surface area contributed by atoms with Crippen LogP contribution >= 0.6 is 0 Å². The molecule has 0 aliphatic carbocycles. The SMILES string of the molecule is CCC(OC)C(=O)c1nccnc1OC. The summed E-state index contributed by atoms with van der Waals surface area (Å²) in [6.45, 7) is 1.87. The fourth-order valence-corrected chi connectivity index (χ4v) is 1.26. The molecule has 1 atom stereocenters. The summed E-state index contributed by atoms with van der Waals surface area (Å²) in [5.74, 6) is 0.0305. The number of Topliss-reactive ketones (excluding diaryl/α,β-unsaturated/α-hetero) is 1. The first-order valence-corrected chi connectivity index (χ1v) is 4.66. The van der Waals surface area contributed by atoms with E-state index in [9.17, 15) is 4.79 Å². The van der Waals surface area contributed by atoms with Gasteiger partial charge in [-0.25, -0.2) is 9.97 Å². The highest BCUT2D eigenvalue weighted by Gasteiger charge is 2.23. The molecule has 15 heavy (non-hydrogen) atoms. The van der Waals surface area contributed by atoms with Gasteiger partial charge in [-0.2, -0.15) is 0 Å². The highest BCUT2D eigenvalue weighted by Crippen LogP contribution is 2.15. The first-order valence-electron chi connectivity index (χ1n) is 4.66. The van der Waals surface area contributed by atoms with Gasteiger partial charge < -0.3 is 9.47 Å². The number of nitrogens with zero attached hydrogens (tertiary/aromatic N) is 2. The molecule has 0 fully saturated rings. The maximum Gasteiger partial charge on any atom is 0.243 e. The van der Waals surface area contributed by atoms with Crippen LogP contribution in [0.2, 0.25) is 0 Å². The summed E-state index contributed by atoms with van der Waals surface area (Å²) in [4.78, 5) is 19.7. The molecule has 0 aliphatic rings. The Hall–Kier alpha value is -1.49. The van der Waals surface area contributed by atoms with Gasteiger partial charge in [-0.3, -0.25) is 4.79 Å². The molecule has 0 spiro atoms. The average molecular weight is 210 g/mol. The number of hydrogen-bond donors (Lipinski definition) is 0. The van der Waals surface area contributed by atoms with E-state index in [0.29, 0.717) is 6.42 Å². The van der Waals surface area contributed by atoms with E-state index >= 15 is 0 Å². The minimum atomic E-state index is -0.490. The first-order chi connectivity index (χ1) is 7.24. The van der Waals surface area contributed by atoms with Crippen LogP contribution in [0, 0.1) is 0 Å². The van der Waals surface area contributed by atoms with Crippen molar-refractivity contribution in [2.24, 2.45) is 0 Å². The minimum Gasteiger partial charge on any atom is -0.479 e. The molecule has 0 saturated heterocycles. The predicted molar refractivity (Wildman–Crippen MR) is 54.0 cm³/mol. The lowest BCUT2D eigenvalue weighted by Crippen LogP contribution is -2.23. The minimum absolute atomic E-state index is 0.204. The van der Waals surface area contributed by atoms with Gasteiger partial charge in [0.05, 0.1) is 7.11 Å². The van der Waals surface area contributed by atoms with Crippen molar-refractivity contribution in [3.05, 3.63) is 18.1 Å². The van der Waals surface area contributed by atoms with Crippen molar-refractivity contribution in [2.45, 2.75) is 19.4 Å². The van der Waals surface area contributed by atoms with Crippen LogP contribution in [0.4, 0.5) is 0 Å². The van der Waals surface area contributed by atoms with E-state index in [1.54, 1.807) is 0 Å². The zero-order chi connectivity index (χ0) is 11.3. The fraction of sp³-hybridized carbons (Fsp3) is 0.500. The van der Waals surface area contributed by atoms with Gasteiger partial charge in [-0.05, 0) is 6.42 Å². The monoisotopic (exact) mass is 210 g/mol. The standard InChI is InChI=1S/C10H14N2O3/c1-4-7(14-2)9(13)8-10(15-3)12-6-5-11-8/h5-7H,4H2,1-3H3. The second-order valence-electron chi connectivity index (χ2n) is 2.91. The van der Waals surface area contributed by atoms with E-state index in [1.807, 2.05) is 6.92 Å². The van der Waals surface area contributed by atoms with E-state index in [0.717, 1.165) is 0 Å². The Morgan fingerprint density at radius 2 is 2.07 bits per heavy atom. The summed E-state index contributed by atoms with van der Waals surface area (Å²) in [5.41, 5.74) is 0.216. The molecule has 1 aromatic rings. The number of ether oxygens (including phenoxy) is 2. The maximum atomic E-state index is 11.9. The molecule has 1 rings (SSSR count). The van der Waals surface area contributed by atoms with E-state index < -0.39 is 6.10 Å². The van der Waals surface area contributed by atoms with Crippen LogP contribution < -0.4 is 4.74 Å². The zero-order valence-corrected chi connectivity index (χ0v) is 9.06. The highest BCUT2D eigenvalue weighted by molar-refractivity contribution is 5.99. The van der Waals surface area contributed by atoms with Crippen LogP contribution in [0.15, 0.2) is 12.4 Å². The molecular formula is C10H14N2O3. The molecule has 0 bridgehead atoms. The Kier molecular flexibility index (Phi) is 4.17. The number of carbonyl (C=O) groups excluding carboxylic acids is 1. The number of hydrogen-bond acceptors (Lipinski definition) is 5. The van der Waals surface area contributed by atoms with Gasteiger partial charge in [0.15, 0.2) is 5.69 Å². The van der Waals surface area contributed by atoms with E-state index in [1.165, 1.54) is 26.6 Å². The smallest absolute Gasteiger partial charge is 0.243 e. The molecule has 0 aromatic carbocycles. The van der Waals surface area contributed by atoms with Gasteiger partial charge in [0, 0.05) is 19.5 Å². The fourth-order valence-electron chi connectivity index (χ4n) is 1.26. The summed E-state index contributed by atoms with van der Waals surface area (Å²) in [5, 5.41) is 0. The molecule has 5 heteroatoms. The third kappa shape index (κ3) is 2.50. The van der Waals surface area contributed by atoms with Crippen LogP contribution in [-0.4, -0.2) is 36.1 Å². The highest BCUT2D eigenvalue weighted by atomic mass is 16.5. The van der Waals surface area contributed by atoms with Crippen molar-refractivity contribution in [1.82, 2.24) is 9.97 Å². The van der Waals surface area contributed by atoms with Crippen molar-refractivity contribution >= 4 is 5.78 Å². The van der Waals surface area contributed by atoms with Gasteiger partial charge in [-0.15, -0.1) is 0 Å². The van der Waals surface area contributed by atoms with Crippen LogP contribution in [0.25, 0.3) is 0 Å². The molecule has 0 amide bonds. The van der Waals surface area contributed by atoms with Crippen LogP contribution in [0.1, 0.15) is 23.8 Å². The summed E-state index contributed by atoms with van der Waals surface area (Å²) >= 11 is 0. The quantitative estimate of drug-likeness (QED) is 0.681. The van der Waals surface area contributed by atoms with E-state index in [2.05, 4.69) is 9.97 Å². The van der Waals surface area contributed by atoms with Gasteiger partial charge in [0.1, 0.15) is 6.10 Å². The first kappa shape index (κ1) is 11.6. The van der Waals surface area contributed by atoms with Crippen molar-refractivity contribution in [2.75, 3.05) is 14.2 Å². The normalized spacial score (nSPS) is 12.2. The van der Waals surface area contributed by atoms with Crippen molar-refractivity contribution < 1.29 is 14.3 Å². The average Bonchev–Trinajstić information content (AvgIpc) is 2.30. The molecule has 5 nitrogen and oxygen atoms in total. The number of aromatic nitrogens is 2. The number of ketones is 1. The summed E-state index contributed by atoms with van der Waals surface area (Å²) in [6, 6.07) is 0. The number of rotatable bonds is 5. The molecule has 82 valence electrons. The molecule has 1 aromatic heterocycles. The van der Waals surface area contributed by atoms with Crippen LogP contribution in [0.5, 0.6) is 5.88 Å². The Labute approximate surface area is 88.4 Å². The van der Waals surface area contributed by atoms with Crippen LogP contribution in [0.3, 0.4) is 0 Å².